The van der Waals surface area contributed by atoms with Crippen LogP contribution in [0.1, 0.15) is 24.3 Å². The predicted molar refractivity (Wildman–Crippen MR) is 73.5 cm³/mol. The molecule has 1 atom stereocenters. The maximum Gasteiger partial charge on any atom is 0.267 e. The fraction of sp³-hybridized carbons (Fsp3) is 0.273. The maximum atomic E-state index is 11.4. The quantitative estimate of drug-likeness (QED) is 0.911. The van der Waals surface area contributed by atoms with Crippen molar-refractivity contribution in [2.75, 3.05) is 5.32 Å². The monoisotopic (exact) mass is 313 g/mol. The van der Waals surface area contributed by atoms with Crippen LogP contribution in [0.15, 0.2) is 33.1 Å². The SMILES string of the molecule is CCC(Nc1nc[nH]c(=O)c1Br)c1cccs1. The van der Waals surface area contributed by atoms with Gasteiger partial charge >= 0.3 is 0 Å². The molecule has 0 fully saturated rings. The van der Waals surface area contributed by atoms with Crippen molar-refractivity contribution in [2.24, 2.45) is 0 Å². The summed E-state index contributed by atoms with van der Waals surface area (Å²) in [6.45, 7) is 2.10. The third-order valence-corrected chi connectivity index (χ3v) is 4.12. The van der Waals surface area contributed by atoms with Gasteiger partial charge in [-0.3, -0.25) is 4.79 Å². The number of nitrogens with zero attached hydrogens (tertiary/aromatic N) is 1. The first kappa shape index (κ1) is 12.3. The topological polar surface area (TPSA) is 57.8 Å². The third kappa shape index (κ3) is 2.76. The van der Waals surface area contributed by atoms with Gasteiger partial charge in [-0.15, -0.1) is 11.3 Å². The molecule has 0 radical (unpaired) electrons. The number of hydrogen-bond donors (Lipinski definition) is 2. The smallest absolute Gasteiger partial charge is 0.267 e. The summed E-state index contributed by atoms with van der Waals surface area (Å²) in [5.41, 5.74) is -0.177. The number of nitrogens with one attached hydrogen (secondary N) is 2. The van der Waals surface area contributed by atoms with Gasteiger partial charge in [-0.25, -0.2) is 4.98 Å². The first-order chi connectivity index (χ1) is 8.22. The van der Waals surface area contributed by atoms with Gasteiger partial charge < -0.3 is 10.3 Å². The predicted octanol–water partition coefficient (Wildman–Crippen LogP) is 3.16. The molecule has 0 spiro atoms. The largest absolute Gasteiger partial charge is 0.361 e. The molecule has 2 rings (SSSR count). The van der Waals surface area contributed by atoms with Gasteiger partial charge in [0.25, 0.3) is 5.56 Å². The Labute approximate surface area is 111 Å². The van der Waals surface area contributed by atoms with Crippen molar-refractivity contribution in [1.29, 1.82) is 0 Å². The lowest BCUT2D eigenvalue weighted by molar-refractivity contribution is 0.756. The van der Waals surface area contributed by atoms with Crippen LogP contribution >= 0.6 is 27.3 Å². The molecule has 4 nitrogen and oxygen atoms in total. The fourth-order valence-electron chi connectivity index (χ4n) is 1.51. The lowest BCUT2D eigenvalue weighted by Crippen LogP contribution is -2.15. The Morgan fingerprint density at radius 3 is 3.12 bits per heavy atom. The Hall–Kier alpha value is -1.14. The molecular formula is C11H12BrN3OS. The van der Waals surface area contributed by atoms with Gasteiger partial charge in [0.15, 0.2) is 0 Å². The molecule has 0 aliphatic rings. The van der Waals surface area contributed by atoms with E-state index in [4.69, 9.17) is 0 Å². The van der Waals surface area contributed by atoms with Crippen molar-refractivity contribution >= 4 is 33.1 Å². The molecule has 0 aromatic carbocycles. The van der Waals surface area contributed by atoms with Gasteiger partial charge in [0.05, 0.1) is 12.4 Å². The van der Waals surface area contributed by atoms with E-state index in [9.17, 15) is 4.79 Å². The van der Waals surface area contributed by atoms with E-state index in [1.165, 1.54) is 11.2 Å². The highest BCUT2D eigenvalue weighted by Gasteiger charge is 2.13. The number of aromatic amines is 1. The Morgan fingerprint density at radius 1 is 1.65 bits per heavy atom. The maximum absolute atomic E-state index is 11.4. The second-order valence-electron chi connectivity index (χ2n) is 3.51. The number of halogens is 1. The number of anilines is 1. The van der Waals surface area contributed by atoms with Gasteiger partial charge in [0.2, 0.25) is 0 Å². The molecule has 2 heterocycles. The number of thiophene rings is 1. The molecule has 2 aromatic heterocycles. The van der Waals surface area contributed by atoms with Crippen molar-refractivity contribution < 1.29 is 0 Å². The van der Waals surface area contributed by atoms with E-state index in [-0.39, 0.29) is 11.6 Å². The van der Waals surface area contributed by atoms with Crippen molar-refractivity contribution in [1.82, 2.24) is 9.97 Å². The lowest BCUT2D eigenvalue weighted by Gasteiger charge is -2.16. The summed E-state index contributed by atoms with van der Waals surface area (Å²) in [5.74, 6) is 0.578. The van der Waals surface area contributed by atoms with Gasteiger partial charge in [-0.1, -0.05) is 13.0 Å². The second-order valence-corrected chi connectivity index (χ2v) is 5.29. The molecular weight excluding hydrogens is 302 g/mol. The third-order valence-electron chi connectivity index (χ3n) is 2.40. The van der Waals surface area contributed by atoms with Crippen LogP contribution in [0.3, 0.4) is 0 Å². The Bertz CT molecular complexity index is 538. The number of aromatic nitrogens is 2. The highest BCUT2D eigenvalue weighted by molar-refractivity contribution is 9.10. The summed E-state index contributed by atoms with van der Waals surface area (Å²) in [7, 11) is 0. The van der Waals surface area contributed by atoms with E-state index in [1.54, 1.807) is 11.3 Å². The summed E-state index contributed by atoms with van der Waals surface area (Å²) < 4.78 is 0.440. The van der Waals surface area contributed by atoms with Crippen molar-refractivity contribution in [3.63, 3.8) is 0 Å². The highest BCUT2D eigenvalue weighted by atomic mass is 79.9. The second kappa shape index (κ2) is 5.46. The van der Waals surface area contributed by atoms with Crippen LogP contribution in [-0.4, -0.2) is 9.97 Å². The van der Waals surface area contributed by atoms with E-state index in [1.807, 2.05) is 11.4 Å². The molecule has 0 saturated heterocycles. The zero-order chi connectivity index (χ0) is 12.3. The van der Waals surface area contributed by atoms with Crippen LogP contribution in [0.4, 0.5) is 5.82 Å². The van der Waals surface area contributed by atoms with Gasteiger partial charge in [-0.2, -0.15) is 0 Å². The summed E-state index contributed by atoms with van der Waals surface area (Å²) in [6.07, 6.45) is 2.33. The molecule has 1 unspecified atom stereocenters. The van der Waals surface area contributed by atoms with Crippen molar-refractivity contribution in [3.8, 4) is 0 Å². The van der Waals surface area contributed by atoms with E-state index < -0.39 is 0 Å². The van der Waals surface area contributed by atoms with Crippen LogP contribution in [0.25, 0.3) is 0 Å². The van der Waals surface area contributed by atoms with E-state index in [0.29, 0.717) is 10.3 Å². The number of hydrogen-bond acceptors (Lipinski definition) is 4. The minimum absolute atomic E-state index is 0.177. The first-order valence-electron chi connectivity index (χ1n) is 5.25. The normalized spacial score (nSPS) is 12.4. The van der Waals surface area contributed by atoms with Crippen LogP contribution in [-0.2, 0) is 0 Å². The summed E-state index contributed by atoms with van der Waals surface area (Å²) in [4.78, 5) is 19.3. The number of rotatable bonds is 4. The minimum atomic E-state index is -0.177. The van der Waals surface area contributed by atoms with E-state index in [0.717, 1.165) is 6.42 Å². The van der Waals surface area contributed by atoms with Gasteiger partial charge in [0.1, 0.15) is 10.3 Å². The van der Waals surface area contributed by atoms with Crippen molar-refractivity contribution in [2.45, 2.75) is 19.4 Å². The Kier molecular flexibility index (Phi) is 3.96. The molecule has 2 aromatic rings. The van der Waals surface area contributed by atoms with Crippen LogP contribution in [0, 0.1) is 0 Å². The molecule has 2 N–H and O–H groups in total. The van der Waals surface area contributed by atoms with Crippen molar-refractivity contribution in [3.05, 3.63) is 43.5 Å². The summed E-state index contributed by atoms with van der Waals surface area (Å²) >= 11 is 4.93. The van der Waals surface area contributed by atoms with E-state index >= 15 is 0 Å². The molecule has 17 heavy (non-hydrogen) atoms. The average molecular weight is 314 g/mol. The molecule has 0 amide bonds. The lowest BCUT2D eigenvalue weighted by atomic mass is 10.2. The molecule has 6 heteroatoms. The molecule has 0 saturated carbocycles. The Morgan fingerprint density at radius 2 is 2.47 bits per heavy atom. The summed E-state index contributed by atoms with van der Waals surface area (Å²) in [6, 6.07) is 4.28. The fourth-order valence-corrected chi connectivity index (χ4v) is 2.71. The minimum Gasteiger partial charge on any atom is -0.361 e. The molecule has 90 valence electrons. The van der Waals surface area contributed by atoms with Crippen LogP contribution < -0.4 is 10.9 Å². The van der Waals surface area contributed by atoms with Crippen LogP contribution in [0.2, 0.25) is 0 Å². The highest BCUT2D eigenvalue weighted by Crippen LogP contribution is 2.27. The number of H-pyrrole nitrogens is 1. The molecule has 0 aliphatic heterocycles. The van der Waals surface area contributed by atoms with Gasteiger partial charge in [0, 0.05) is 4.88 Å². The average Bonchev–Trinajstić information content (AvgIpc) is 2.85. The standard InChI is InChI=1S/C11H12BrN3OS/c1-2-7(8-4-3-5-17-8)15-10-9(12)11(16)14-6-13-10/h3-7H,2H2,1H3,(H2,13,14,15,16). The van der Waals surface area contributed by atoms with E-state index in [2.05, 4.69) is 44.2 Å². The van der Waals surface area contributed by atoms with Gasteiger partial charge in [-0.05, 0) is 33.8 Å². The molecule has 0 aliphatic carbocycles. The first-order valence-corrected chi connectivity index (χ1v) is 6.92. The zero-order valence-electron chi connectivity index (χ0n) is 9.24. The summed E-state index contributed by atoms with van der Waals surface area (Å²) in [5, 5.41) is 5.31. The Balaban J connectivity index is 2.25. The zero-order valence-corrected chi connectivity index (χ0v) is 11.6. The molecule has 0 bridgehead atoms. The van der Waals surface area contributed by atoms with Crippen LogP contribution in [0.5, 0.6) is 0 Å².